The molecule has 0 bridgehead atoms. The Balaban J connectivity index is 1.37. The second-order valence-electron chi connectivity index (χ2n) is 9.20. The summed E-state index contributed by atoms with van der Waals surface area (Å²) in [5.74, 6) is 1.68. The molecule has 0 amide bonds. The Morgan fingerprint density at radius 1 is 0.947 bits per heavy atom. The molecule has 0 atom stereocenters. The minimum absolute atomic E-state index is 0.136. The summed E-state index contributed by atoms with van der Waals surface area (Å²) in [7, 11) is 0. The topological polar surface area (TPSA) is 66.4 Å². The van der Waals surface area contributed by atoms with E-state index in [1.807, 2.05) is 30.3 Å². The van der Waals surface area contributed by atoms with Crippen molar-refractivity contribution in [2.75, 3.05) is 18.5 Å². The number of halogens is 1. The number of aliphatic hydroxyl groups excluding tert-OH is 1. The lowest BCUT2D eigenvalue weighted by Gasteiger charge is -2.15. The first-order valence-corrected chi connectivity index (χ1v) is 13.7. The third-order valence-corrected chi connectivity index (χ3v) is 7.83. The van der Waals surface area contributed by atoms with Gasteiger partial charge in [0.15, 0.2) is 5.82 Å². The molecule has 5 rings (SSSR count). The molecule has 0 spiro atoms. The molecule has 0 radical (unpaired) electrons. The average Bonchev–Trinajstić information content (AvgIpc) is 3.33. The molecule has 0 saturated carbocycles. The van der Waals surface area contributed by atoms with Crippen LogP contribution in [0.1, 0.15) is 22.3 Å². The van der Waals surface area contributed by atoms with Crippen LogP contribution in [0, 0.1) is 13.8 Å². The van der Waals surface area contributed by atoms with Crippen LogP contribution in [0.3, 0.4) is 0 Å². The van der Waals surface area contributed by atoms with Crippen LogP contribution < -0.4 is 15.4 Å². The van der Waals surface area contributed by atoms with Crippen LogP contribution in [0.15, 0.2) is 78.9 Å². The van der Waals surface area contributed by atoms with Gasteiger partial charge in [0.1, 0.15) is 12.4 Å². The summed E-state index contributed by atoms with van der Waals surface area (Å²) in [5.41, 5.74) is 7.77. The summed E-state index contributed by atoms with van der Waals surface area (Å²) < 4.78 is 12.1. The molecule has 5 nitrogen and oxygen atoms in total. The van der Waals surface area contributed by atoms with Crippen LogP contribution >= 0.6 is 23.1 Å². The molecule has 0 aliphatic rings. The minimum atomic E-state index is 0.136. The Hall–Kier alpha value is -3.42. The standard InChI is InChI=1S/C31H30ClN3O2S/c1-20-17-22(18-33-15-16-36)13-14-29(20)37-19-23-7-5-8-24(21(23)2)25-9-6-10-26-30(25)38-35-31(26)34-28-12-4-3-11-27(28)32/h3-14,17,33,36H,15-16,18-19H2,1-2H3,(H,34,35). The maximum absolute atomic E-state index is 8.96. The van der Waals surface area contributed by atoms with E-state index in [0.717, 1.165) is 50.6 Å². The Bertz CT molecular complexity index is 1570. The zero-order chi connectivity index (χ0) is 26.5. The van der Waals surface area contributed by atoms with E-state index in [1.54, 1.807) is 0 Å². The number of ether oxygens (including phenoxy) is 1. The number of hydrogen-bond donors (Lipinski definition) is 3. The SMILES string of the molecule is Cc1cc(CNCCO)ccc1OCc1cccc(-c2cccc3c(Nc4ccccc4Cl)nsc23)c1C. The summed E-state index contributed by atoms with van der Waals surface area (Å²) >= 11 is 7.85. The molecule has 38 heavy (non-hydrogen) atoms. The molecule has 0 unspecified atom stereocenters. The third-order valence-electron chi connectivity index (χ3n) is 6.60. The van der Waals surface area contributed by atoms with E-state index < -0.39 is 0 Å². The van der Waals surface area contributed by atoms with E-state index in [0.29, 0.717) is 18.2 Å². The monoisotopic (exact) mass is 543 g/mol. The third kappa shape index (κ3) is 5.69. The molecule has 3 N–H and O–H groups in total. The first-order valence-electron chi connectivity index (χ1n) is 12.6. The van der Waals surface area contributed by atoms with Gasteiger partial charge in [-0.25, -0.2) is 0 Å². The van der Waals surface area contributed by atoms with E-state index >= 15 is 0 Å². The van der Waals surface area contributed by atoms with Crippen molar-refractivity contribution in [3.63, 3.8) is 0 Å². The fourth-order valence-electron chi connectivity index (χ4n) is 4.54. The molecular weight excluding hydrogens is 514 g/mol. The van der Waals surface area contributed by atoms with Gasteiger partial charge in [0, 0.05) is 24.0 Å². The molecule has 5 aromatic rings. The maximum atomic E-state index is 8.96. The van der Waals surface area contributed by atoms with E-state index in [1.165, 1.54) is 28.2 Å². The second-order valence-corrected chi connectivity index (χ2v) is 10.4. The fourth-order valence-corrected chi connectivity index (χ4v) is 5.59. The average molecular weight is 544 g/mol. The van der Waals surface area contributed by atoms with Gasteiger partial charge >= 0.3 is 0 Å². The Labute approximate surface area is 232 Å². The Morgan fingerprint density at radius 2 is 1.76 bits per heavy atom. The van der Waals surface area contributed by atoms with E-state index in [2.05, 4.69) is 73.0 Å². The van der Waals surface area contributed by atoms with Crippen molar-refractivity contribution in [3.8, 4) is 16.9 Å². The smallest absolute Gasteiger partial charge is 0.152 e. The van der Waals surface area contributed by atoms with Crippen LogP contribution in [0.25, 0.3) is 21.2 Å². The van der Waals surface area contributed by atoms with Crippen molar-refractivity contribution in [2.24, 2.45) is 0 Å². The number of fused-ring (bicyclic) bond motifs is 1. The highest BCUT2D eigenvalue weighted by Gasteiger charge is 2.15. The van der Waals surface area contributed by atoms with E-state index in [4.69, 9.17) is 25.8 Å². The first-order chi connectivity index (χ1) is 18.5. The lowest BCUT2D eigenvalue weighted by Crippen LogP contribution is -2.17. The van der Waals surface area contributed by atoms with Gasteiger partial charge in [-0.2, -0.15) is 4.37 Å². The fraction of sp³-hybridized carbons (Fsp3) is 0.194. The lowest BCUT2D eigenvalue weighted by atomic mass is 9.96. The number of hydrogen-bond acceptors (Lipinski definition) is 6. The summed E-state index contributed by atoms with van der Waals surface area (Å²) in [4.78, 5) is 0. The minimum Gasteiger partial charge on any atom is -0.489 e. The number of benzene rings is 4. The number of para-hydroxylation sites is 1. The predicted octanol–water partition coefficient (Wildman–Crippen LogP) is 7.64. The summed E-state index contributed by atoms with van der Waals surface area (Å²) in [6, 6.07) is 26.6. The molecule has 0 aliphatic carbocycles. The van der Waals surface area contributed by atoms with Crippen molar-refractivity contribution in [1.82, 2.24) is 9.69 Å². The van der Waals surface area contributed by atoms with Crippen LogP contribution in [0.4, 0.5) is 11.5 Å². The highest BCUT2D eigenvalue weighted by atomic mass is 35.5. The maximum Gasteiger partial charge on any atom is 0.152 e. The zero-order valence-corrected chi connectivity index (χ0v) is 23.0. The molecule has 4 aromatic carbocycles. The predicted molar refractivity (Wildman–Crippen MR) is 159 cm³/mol. The van der Waals surface area contributed by atoms with Crippen molar-refractivity contribution < 1.29 is 9.84 Å². The summed E-state index contributed by atoms with van der Waals surface area (Å²) in [6.07, 6.45) is 0. The summed E-state index contributed by atoms with van der Waals surface area (Å²) in [6.45, 7) is 6.15. The number of nitrogens with zero attached hydrogens (tertiary/aromatic N) is 1. The van der Waals surface area contributed by atoms with Crippen molar-refractivity contribution >= 4 is 44.7 Å². The quantitative estimate of drug-likeness (QED) is 0.158. The second kappa shape index (κ2) is 12.0. The molecule has 0 saturated heterocycles. The first kappa shape index (κ1) is 26.2. The van der Waals surface area contributed by atoms with Crippen LogP contribution in [-0.4, -0.2) is 22.6 Å². The highest BCUT2D eigenvalue weighted by molar-refractivity contribution is 7.14. The Kier molecular flexibility index (Phi) is 8.25. The molecule has 194 valence electrons. The number of aryl methyl sites for hydroxylation is 1. The van der Waals surface area contributed by atoms with Crippen molar-refractivity contribution in [1.29, 1.82) is 0 Å². The van der Waals surface area contributed by atoms with Gasteiger partial charge in [-0.3, -0.25) is 0 Å². The zero-order valence-electron chi connectivity index (χ0n) is 21.4. The van der Waals surface area contributed by atoms with E-state index in [9.17, 15) is 0 Å². The van der Waals surface area contributed by atoms with Crippen LogP contribution in [0.2, 0.25) is 5.02 Å². The highest BCUT2D eigenvalue weighted by Crippen LogP contribution is 2.39. The van der Waals surface area contributed by atoms with Gasteiger partial charge in [-0.05, 0) is 77.5 Å². The number of anilines is 2. The van der Waals surface area contributed by atoms with Gasteiger partial charge in [-0.1, -0.05) is 66.2 Å². The molecule has 1 heterocycles. The Morgan fingerprint density at radius 3 is 2.58 bits per heavy atom. The van der Waals surface area contributed by atoms with Gasteiger partial charge < -0.3 is 20.5 Å². The molecule has 7 heteroatoms. The van der Waals surface area contributed by atoms with Crippen LogP contribution in [0.5, 0.6) is 5.75 Å². The van der Waals surface area contributed by atoms with Gasteiger partial charge in [0.25, 0.3) is 0 Å². The number of aliphatic hydroxyl groups is 1. The number of aromatic nitrogens is 1. The van der Waals surface area contributed by atoms with Gasteiger partial charge in [0.2, 0.25) is 0 Å². The number of nitrogens with one attached hydrogen (secondary N) is 2. The molecule has 0 aliphatic heterocycles. The largest absolute Gasteiger partial charge is 0.489 e. The molecular formula is C31H30ClN3O2S. The molecule has 1 aromatic heterocycles. The normalized spacial score (nSPS) is 11.2. The lowest BCUT2D eigenvalue weighted by molar-refractivity contribution is 0.292. The van der Waals surface area contributed by atoms with Crippen LogP contribution in [-0.2, 0) is 13.2 Å². The summed E-state index contributed by atoms with van der Waals surface area (Å²) in [5, 5.41) is 17.3. The van der Waals surface area contributed by atoms with Gasteiger partial charge in [0.05, 0.1) is 22.0 Å². The van der Waals surface area contributed by atoms with Crippen molar-refractivity contribution in [2.45, 2.75) is 27.0 Å². The molecule has 0 fully saturated rings. The van der Waals surface area contributed by atoms with Gasteiger partial charge in [-0.15, -0.1) is 0 Å². The number of rotatable bonds is 10. The van der Waals surface area contributed by atoms with E-state index in [-0.39, 0.29) is 6.61 Å². The van der Waals surface area contributed by atoms with Crippen molar-refractivity contribution in [3.05, 3.63) is 106 Å².